The normalized spacial score (nSPS) is 16.2. The van der Waals surface area contributed by atoms with E-state index < -0.39 is 7.14 Å². The van der Waals surface area contributed by atoms with Crippen molar-refractivity contribution in [3.05, 3.63) is 133 Å². The van der Waals surface area contributed by atoms with Gasteiger partial charge in [0.1, 0.15) is 0 Å². The van der Waals surface area contributed by atoms with Gasteiger partial charge in [0, 0.05) is 52.5 Å². The number of aromatic nitrogens is 1. The Morgan fingerprint density at radius 1 is 0.550 bits per heavy atom. The molecule has 40 heavy (non-hydrogen) atoms. The molecule has 188 valence electrons. The monoisotopic (exact) mass is 547 g/mol. The predicted molar refractivity (Wildman–Crippen MR) is 172 cm³/mol. The summed E-state index contributed by atoms with van der Waals surface area (Å²) in [7, 11) is -3.10. The maximum absolute atomic E-state index is 15.5. The van der Waals surface area contributed by atoms with Crippen molar-refractivity contribution in [3.8, 4) is 16.8 Å². The highest BCUT2D eigenvalue weighted by Gasteiger charge is 2.42. The van der Waals surface area contributed by atoms with Crippen molar-refractivity contribution >= 4 is 76.4 Å². The van der Waals surface area contributed by atoms with Gasteiger partial charge < -0.3 is 9.13 Å². The lowest BCUT2D eigenvalue weighted by Crippen LogP contribution is -2.21. The van der Waals surface area contributed by atoms with E-state index in [4.69, 9.17) is 0 Å². The molecule has 9 rings (SSSR count). The second-order valence-electron chi connectivity index (χ2n) is 10.4. The molecule has 0 N–H and O–H groups in total. The van der Waals surface area contributed by atoms with Crippen molar-refractivity contribution in [3.63, 3.8) is 0 Å². The number of para-hydroxylation sites is 1. The molecule has 1 atom stereocenters. The van der Waals surface area contributed by atoms with E-state index in [9.17, 15) is 0 Å². The Bertz CT molecular complexity index is 2360. The Labute approximate surface area is 235 Å². The minimum Gasteiger partial charge on any atom is -0.309 e. The predicted octanol–water partition coefficient (Wildman–Crippen LogP) is 8.77. The molecule has 8 aromatic rings. The Kier molecular flexibility index (Phi) is 4.51. The molecule has 1 aliphatic heterocycles. The van der Waals surface area contributed by atoms with Crippen LogP contribution in [0.2, 0.25) is 0 Å². The lowest BCUT2D eigenvalue weighted by molar-refractivity contribution is 0.593. The van der Waals surface area contributed by atoms with Gasteiger partial charge in [-0.1, -0.05) is 103 Å². The highest BCUT2D eigenvalue weighted by Crippen LogP contribution is 2.55. The van der Waals surface area contributed by atoms with E-state index in [1.54, 1.807) is 0 Å². The second-order valence-corrected chi connectivity index (χ2v) is 14.2. The Morgan fingerprint density at radius 3 is 2.17 bits per heavy atom. The van der Waals surface area contributed by atoms with Crippen LogP contribution in [0.25, 0.3) is 58.8 Å². The van der Waals surface area contributed by atoms with Crippen molar-refractivity contribution in [2.24, 2.45) is 0 Å². The van der Waals surface area contributed by atoms with Gasteiger partial charge in [-0.05, 0) is 41.5 Å². The van der Waals surface area contributed by atoms with Gasteiger partial charge in [0.25, 0.3) is 0 Å². The SMILES string of the molecule is O=P1(c2ccccc2)c2ccccc2-c2ccc3c(c21)c1ccccc1n3-c1ccc2c(c1)sc1ccccc12. The molecule has 2 aromatic heterocycles. The fourth-order valence-corrected chi connectivity index (χ4v) is 11.1. The molecule has 0 amide bonds. The van der Waals surface area contributed by atoms with Crippen molar-refractivity contribution < 1.29 is 4.57 Å². The number of nitrogens with zero attached hydrogens (tertiary/aromatic N) is 1. The molecule has 1 unspecified atom stereocenters. The van der Waals surface area contributed by atoms with Crippen LogP contribution >= 0.6 is 18.5 Å². The molecule has 1 aliphatic rings. The first kappa shape index (κ1) is 22.4. The molecule has 2 nitrogen and oxygen atoms in total. The summed E-state index contributed by atoms with van der Waals surface area (Å²) in [6.45, 7) is 0. The van der Waals surface area contributed by atoms with Gasteiger partial charge in [-0.25, -0.2) is 0 Å². The van der Waals surface area contributed by atoms with Crippen LogP contribution in [0.5, 0.6) is 0 Å². The molecular formula is C36H22NOPS. The summed E-state index contributed by atoms with van der Waals surface area (Å²) in [6.07, 6.45) is 0. The number of rotatable bonds is 2. The van der Waals surface area contributed by atoms with Gasteiger partial charge in [0.15, 0.2) is 7.14 Å². The Balaban J connectivity index is 1.42. The lowest BCUT2D eigenvalue weighted by Gasteiger charge is -2.17. The molecule has 0 spiro atoms. The van der Waals surface area contributed by atoms with E-state index in [-0.39, 0.29) is 0 Å². The van der Waals surface area contributed by atoms with Gasteiger partial charge in [-0.2, -0.15) is 0 Å². The summed E-state index contributed by atoms with van der Waals surface area (Å²) in [6, 6.07) is 46.7. The van der Waals surface area contributed by atoms with E-state index in [0.29, 0.717) is 0 Å². The third-order valence-electron chi connectivity index (χ3n) is 8.40. The quantitative estimate of drug-likeness (QED) is 0.198. The van der Waals surface area contributed by atoms with Gasteiger partial charge in [-0.15, -0.1) is 11.3 Å². The van der Waals surface area contributed by atoms with Crippen LogP contribution in [-0.4, -0.2) is 4.57 Å². The average Bonchev–Trinajstić information content (AvgIpc) is 3.64. The second kappa shape index (κ2) is 8.05. The molecule has 6 aromatic carbocycles. The highest BCUT2D eigenvalue weighted by molar-refractivity contribution is 7.86. The van der Waals surface area contributed by atoms with Gasteiger partial charge >= 0.3 is 0 Å². The molecule has 0 fully saturated rings. The highest BCUT2D eigenvalue weighted by atomic mass is 32.1. The first-order valence-electron chi connectivity index (χ1n) is 13.5. The van der Waals surface area contributed by atoms with Gasteiger partial charge in [-0.3, -0.25) is 0 Å². The summed E-state index contributed by atoms with van der Waals surface area (Å²) in [5.74, 6) is 0. The largest absolute Gasteiger partial charge is 0.309 e. The summed E-state index contributed by atoms with van der Waals surface area (Å²) in [5.41, 5.74) is 5.50. The van der Waals surface area contributed by atoms with E-state index in [2.05, 4.69) is 102 Å². The van der Waals surface area contributed by atoms with E-state index in [1.165, 1.54) is 20.2 Å². The minimum absolute atomic E-state index is 0.886. The molecule has 0 saturated heterocycles. The molecular weight excluding hydrogens is 525 g/mol. The smallest absolute Gasteiger partial charge is 0.172 e. The molecule has 0 aliphatic carbocycles. The van der Waals surface area contributed by atoms with Crippen LogP contribution < -0.4 is 15.9 Å². The van der Waals surface area contributed by atoms with Crippen molar-refractivity contribution in [2.75, 3.05) is 0 Å². The molecule has 4 heteroatoms. The maximum atomic E-state index is 15.5. The fourth-order valence-electron chi connectivity index (χ4n) is 6.72. The first-order valence-corrected chi connectivity index (χ1v) is 16.0. The van der Waals surface area contributed by atoms with Crippen molar-refractivity contribution in [2.45, 2.75) is 0 Å². The number of fused-ring (bicyclic) bond motifs is 10. The van der Waals surface area contributed by atoms with Crippen molar-refractivity contribution in [1.29, 1.82) is 0 Å². The van der Waals surface area contributed by atoms with Crippen LogP contribution in [0.4, 0.5) is 0 Å². The maximum Gasteiger partial charge on any atom is 0.172 e. The number of hydrogen-bond acceptors (Lipinski definition) is 2. The number of benzene rings is 6. The zero-order chi connectivity index (χ0) is 26.4. The van der Waals surface area contributed by atoms with Crippen LogP contribution in [-0.2, 0) is 4.57 Å². The third-order valence-corrected chi connectivity index (χ3v) is 12.7. The Hall–Kier alpha value is -4.43. The average molecular weight is 548 g/mol. The van der Waals surface area contributed by atoms with E-state index in [0.717, 1.165) is 54.5 Å². The zero-order valence-electron chi connectivity index (χ0n) is 21.4. The van der Waals surface area contributed by atoms with Crippen LogP contribution in [0, 0.1) is 0 Å². The van der Waals surface area contributed by atoms with Gasteiger partial charge in [0.2, 0.25) is 0 Å². The summed E-state index contributed by atoms with van der Waals surface area (Å²) >= 11 is 1.83. The fraction of sp³-hybridized carbons (Fsp3) is 0. The third kappa shape index (κ3) is 2.81. The first-order chi connectivity index (χ1) is 19.7. The van der Waals surface area contributed by atoms with E-state index in [1.807, 2.05) is 47.7 Å². The van der Waals surface area contributed by atoms with Crippen LogP contribution in [0.1, 0.15) is 0 Å². The molecule has 0 bridgehead atoms. The zero-order valence-corrected chi connectivity index (χ0v) is 23.1. The molecule has 0 saturated carbocycles. The molecule has 0 radical (unpaired) electrons. The number of hydrogen-bond donors (Lipinski definition) is 0. The van der Waals surface area contributed by atoms with Gasteiger partial charge in [0.05, 0.1) is 11.0 Å². The Morgan fingerprint density at radius 2 is 1.27 bits per heavy atom. The summed E-state index contributed by atoms with van der Waals surface area (Å²) in [4.78, 5) is 0. The standard InChI is InChI=1S/C36H22NOPS/c38-39(24-10-2-1-3-11-24)32-16-8-5-12-25(32)28-20-21-31-35(36(28)39)29-14-4-7-15-30(29)37(31)23-18-19-27-26-13-6-9-17-33(26)40-34(27)22-23/h1-22H. The van der Waals surface area contributed by atoms with E-state index >= 15 is 4.57 Å². The lowest BCUT2D eigenvalue weighted by atomic mass is 10.0. The molecule has 3 heterocycles. The minimum atomic E-state index is -3.10. The van der Waals surface area contributed by atoms with Crippen LogP contribution in [0.3, 0.4) is 0 Å². The summed E-state index contributed by atoms with van der Waals surface area (Å²) in [5, 5.41) is 7.60. The van der Waals surface area contributed by atoms with Crippen molar-refractivity contribution in [1.82, 2.24) is 4.57 Å². The number of thiophene rings is 1. The summed E-state index contributed by atoms with van der Waals surface area (Å²) < 4.78 is 20.5. The topological polar surface area (TPSA) is 22.0 Å². The van der Waals surface area contributed by atoms with Crippen LogP contribution in [0.15, 0.2) is 133 Å².